The summed E-state index contributed by atoms with van der Waals surface area (Å²) in [5.74, 6) is 0.300. The molecule has 0 saturated heterocycles. The van der Waals surface area contributed by atoms with Gasteiger partial charge in [-0.3, -0.25) is 0 Å². The minimum Gasteiger partial charge on any atom is -0.550 e. The molecule has 0 atom stereocenters. The molecular weight excluding hydrogens is 288 g/mol. The molecule has 0 bridgehead atoms. The molecule has 0 aliphatic carbocycles. The average molecular weight is 322 g/mol. The number of carbonyl (C=O) groups is 1. The van der Waals surface area contributed by atoms with Crippen molar-refractivity contribution in [1.82, 2.24) is 4.57 Å². The molecule has 0 aliphatic rings. The van der Waals surface area contributed by atoms with Gasteiger partial charge in [0.25, 0.3) is 5.82 Å². The summed E-state index contributed by atoms with van der Waals surface area (Å²) < 4.78 is 4.40. The molecule has 0 spiro atoms. The molecule has 1 aromatic heterocycles. The fourth-order valence-corrected chi connectivity index (χ4v) is 2.97. The van der Waals surface area contributed by atoms with Gasteiger partial charge in [0.2, 0.25) is 0 Å². The maximum absolute atomic E-state index is 10.7. The lowest BCUT2D eigenvalue weighted by molar-refractivity contribution is -0.704. The van der Waals surface area contributed by atoms with E-state index in [9.17, 15) is 9.90 Å². The van der Waals surface area contributed by atoms with Crippen LogP contribution in [0.5, 0.6) is 0 Å². The van der Waals surface area contributed by atoms with Gasteiger partial charge in [-0.1, -0.05) is 58.8 Å². The Morgan fingerprint density at radius 2 is 1.70 bits per heavy atom. The number of aromatic nitrogens is 2. The lowest BCUT2D eigenvalue weighted by Crippen LogP contribution is -2.37. The van der Waals surface area contributed by atoms with E-state index in [-0.39, 0.29) is 6.42 Å². The smallest absolute Gasteiger partial charge is 0.256 e. The minimum atomic E-state index is -0.972. The number of rotatable bonds is 14. The Kier molecular flexibility index (Phi) is 10.4. The third kappa shape index (κ3) is 8.19. The molecule has 4 heteroatoms. The molecule has 23 heavy (non-hydrogen) atoms. The lowest BCUT2D eigenvalue weighted by Gasteiger charge is -2.06. The monoisotopic (exact) mass is 322 g/mol. The summed E-state index contributed by atoms with van der Waals surface area (Å²) in [4.78, 5) is 10.7. The number of unbranched alkanes of at least 4 members (excludes halogenated alkanes) is 7. The highest BCUT2D eigenvalue weighted by atomic mass is 16.4. The van der Waals surface area contributed by atoms with Gasteiger partial charge in [0.1, 0.15) is 12.4 Å². The van der Waals surface area contributed by atoms with Gasteiger partial charge in [0.15, 0.2) is 0 Å². The van der Waals surface area contributed by atoms with Gasteiger partial charge >= 0.3 is 0 Å². The summed E-state index contributed by atoms with van der Waals surface area (Å²) in [5, 5.41) is 10.7. The molecule has 0 unspecified atom stereocenters. The quantitative estimate of drug-likeness (QED) is 0.390. The summed E-state index contributed by atoms with van der Waals surface area (Å²) in [6.45, 7) is 5.99. The molecule has 0 aromatic carbocycles. The van der Waals surface area contributed by atoms with Crippen molar-refractivity contribution in [2.24, 2.45) is 0 Å². The van der Waals surface area contributed by atoms with Gasteiger partial charge in [-0.05, 0) is 12.8 Å². The zero-order valence-corrected chi connectivity index (χ0v) is 15.1. The van der Waals surface area contributed by atoms with Gasteiger partial charge < -0.3 is 9.90 Å². The number of aryl methyl sites for hydroxylation is 2. The predicted molar refractivity (Wildman–Crippen MR) is 90.9 cm³/mol. The third-order valence-electron chi connectivity index (χ3n) is 4.40. The van der Waals surface area contributed by atoms with E-state index in [1.807, 2.05) is 6.20 Å². The number of imidazole rings is 1. The van der Waals surface area contributed by atoms with E-state index in [2.05, 4.69) is 29.2 Å². The van der Waals surface area contributed by atoms with Crippen molar-refractivity contribution in [2.75, 3.05) is 0 Å². The highest BCUT2D eigenvalue weighted by molar-refractivity contribution is 5.64. The summed E-state index contributed by atoms with van der Waals surface area (Å²) in [6.07, 6.45) is 16.7. The van der Waals surface area contributed by atoms with E-state index in [1.165, 1.54) is 63.6 Å². The van der Waals surface area contributed by atoms with Gasteiger partial charge in [-0.2, -0.15) is 0 Å². The highest BCUT2D eigenvalue weighted by Crippen LogP contribution is 2.10. The Morgan fingerprint density at radius 1 is 1.04 bits per heavy atom. The maximum Gasteiger partial charge on any atom is 0.256 e. The molecule has 0 saturated carbocycles. The average Bonchev–Trinajstić information content (AvgIpc) is 2.92. The zero-order chi connectivity index (χ0) is 16.9. The second-order valence-electron chi connectivity index (χ2n) is 6.45. The molecule has 0 N–H and O–H groups in total. The first-order valence-corrected chi connectivity index (χ1v) is 9.46. The molecule has 1 heterocycles. The summed E-state index contributed by atoms with van der Waals surface area (Å²) in [6, 6.07) is 0. The second-order valence-corrected chi connectivity index (χ2v) is 6.45. The molecule has 0 amide bonds. The molecular formula is C19H34N2O2. The Labute approximate surface area is 141 Å². The first-order valence-electron chi connectivity index (χ1n) is 9.46. The van der Waals surface area contributed by atoms with Crippen molar-refractivity contribution in [1.29, 1.82) is 0 Å². The van der Waals surface area contributed by atoms with Crippen molar-refractivity contribution in [3.8, 4) is 0 Å². The van der Waals surface area contributed by atoms with Gasteiger partial charge in [0.05, 0.1) is 13.1 Å². The summed E-state index contributed by atoms with van der Waals surface area (Å²) in [5.41, 5.74) is 0. The summed E-state index contributed by atoms with van der Waals surface area (Å²) in [7, 11) is 0. The first-order chi connectivity index (χ1) is 11.2. The number of carboxylic acids is 1. The second kappa shape index (κ2) is 12.1. The van der Waals surface area contributed by atoms with Gasteiger partial charge in [-0.25, -0.2) is 9.13 Å². The number of hydrogen-bond donors (Lipinski definition) is 0. The maximum atomic E-state index is 10.7. The van der Waals surface area contributed by atoms with Crippen molar-refractivity contribution >= 4 is 5.97 Å². The van der Waals surface area contributed by atoms with Crippen molar-refractivity contribution in [3.63, 3.8) is 0 Å². The third-order valence-corrected chi connectivity index (χ3v) is 4.40. The van der Waals surface area contributed by atoms with Gasteiger partial charge in [-0.15, -0.1) is 0 Å². The van der Waals surface area contributed by atoms with Crippen LogP contribution in [0.2, 0.25) is 0 Å². The Morgan fingerprint density at radius 3 is 2.35 bits per heavy atom. The Hall–Kier alpha value is -1.32. The van der Waals surface area contributed by atoms with E-state index in [0.29, 0.717) is 6.54 Å². The molecule has 4 nitrogen and oxygen atoms in total. The number of nitrogens with zero attached hydrogens (tertiary/aromatic N) is 2. The van der Waals surface area contributed by atoms with Gasteiger partial charge in [0, 0.05) is 18.8 Å². The largest absolute Gasteiger partial charge is 0.550 e. The SMILES string of the molecule is CCCCCCCCCc1n(CCC(=O)[O-])cc[n+]1CCCC. The highest BCUT2D eigenvalue weighted by Gasteiger charge is 2.16. The molecule has 0 radical (unpaired) electrons. The van der Waals surface area contributed by atoms with Crippen molar-refractivity contribution < 1.29 is 14.5 Å². The van der Waals surface area contributed by atoms with Crippen LogP contribution in [0.4, 0.5) is 0 Å². The molecule has 1 aromatic rings. The molecule has 0 aliphatic heterocycles. The Bertz CT molecular complexity index is 441. The van der Waals surface area contributed by atoms with Crippen molar-refractivity contribution in [2.45, 2.75) is 97.6 Å². The Balaban J connectivity index is 2.47. The normalized spacial score (nSPS) is 11.0. The van der Waals surface area contributed by atoms with Crippen LogP contribution < -0.4 is 9.67 Å². The first kappa shape index (κ1) is 19.7. The van der Waals surface area contributed by atoms with Crippen LogP contribution in [-0.4, -0.2) is 10.5 Å². The van der Waals surface area contributed by atoms with Crippen LogP contribution in [0, 0.1) is 0 Å². The van der Waals surface area contributed by atoms with E-state index < -0.39 is 5.97 Å². The van der Waals surface area contributed by atoms with E-state index in [0.717, 1.165) is 13.0 Å². The minimum absolute atomic E-state index is 0.0898. The fourth-order valence-electron chi connectivity index (χ4n) is 2.97. The number of carbonyl (C=O) groups excluding carboxylic acids is 1. The number of hydrogen-bond acceptors (Lipinski definition) is 2. The van der Waals surface area contributed by atoms with E-state index >= 15 is 0 Å². The lowest BCUT2D eigenvalue weighted by atomic mass is 10.1. The van der Waals surface area contributed by atoms with Crippen LogP contribution in [-0.2, 0) is 24.3 Å². The van der Waals surface area contributed by atoms with E-state index in [1.54, 1.807) is 0 Å². The van der Waals surface area contributed by atoms with Crippen LogP contribution in [0.3, 0.4) is 0 Å². The van der Waals surface area contributed by atoms with Crippen LogP contribution in [0.25, 0.3) is 0 Å². The predicted octanol–water partition coefficient (Wildman–Crippen LogP) is 3.01. The fraction of sp³-hybridized carbons (Fsp3) is 0.789. The zero-order valence-electron chi connectivity index (χ0n) is 15.1. The molecule has 132 valence electrons. The summed E-state index contributed by atoms with van der Waals surface area (Å²) >= 11 is 0. The number of aliphatic carboxylic acids is 1. The van der Waals surface area contributed by atoms with Crippen LogP contribution in [0.15, 0.2) is 12.4 Å². The molecule has 1 rings (SSSR count). The number of carboxylic acid groups (broad SMARTS) is 1. The van der Waals surface area contributed by atoms with Crippen LogP contribution >= 0.6 is 0 Å². The standard InChI is InChI=1S/C19H34N2O2/c1-3-5-7-8-9-10-11-12-18-20(14-6-4-2)16-17-21(18)15-13-19(22)23/h16-17H,3-15H2,1-2H3. The topological polar surface area (TPSA) is 48.9 Å². The van der Waals surface area contributed by atoms with Crippen LogP contribution in [0.1, 0.15) is 83.9 Å². The van der Waals surface area contributed by atoms with Crippen molar-refractivity contribution in [3.05, 3.63) is 18.2 Å². The molecule has 0 fully saturated rings. The van der Waals surface area contributed by atoms with E-state index in [4.69, 9.17) is 0 Å².